The molecule has 2 aromatic heterocycles. The van der Waals surface area contributed by atoms with Crippen LogP contribution in [-0.2, 0) is 0 Å². The van der Waals surface area contributed by atoms with Crippen LogP contribution in [0.1, 0.15) is 19.8 Å². The summed E-state index contributed by atoms with van der Waals surface area (Å²) in [6.07, 6.45) is 4.07. The second kappa shape index (κ2) is 8.97. The van der Waals surface area contributed by atoms with Gasteiger partial charge in [-0.25, -0.2) is 4.68 Å². The van der Waals surface area contributed by atoms with Gasteiger partial charge in [-0.05, 0) is 43.0 Å². The van der Waals surface area contributed by atoms with E-state index in [0.29, 0.717) is 17.5 Å². The molecule has 0 bridgehead atoms. The van der Waals surface area contributed by atoms with Crippen molar-refractivity contribution in [2.75, 3.05) is 37.5 Å². The molecule has 8 heteroatoms. The lowest BCUT2D eigenvalue weighted by molar-refractivity contribution is 0.405. The third kappa shape index (κ3) is 4.16. The van der Waals surface area contributed by atoms with E-state index < -0.39 is 0 Å². The number of fused-ring (bicyclic) bond motifs is 1. The van der Waals surface area contributed by atoms with Crippen LogP contribution in [0.25, 0.3) is 16.7 Å². The molecule has 2 aromatic carbocycles. The highest BCUT2D eigenvalue weighted by molar-refractivity contribution is 5.91. The predicted octanol–water partition coefficient (Wildman–Crippen LogP) is 4.81. The molecular weight excluding hydrogens is 416 g/mol. The molecule has 170 valence electrons. The highest BCUT2D eigenvalue weighted by atomic mass is 16.5. The van der Waals surface area contributed by atoms with Crippen LogP contribution in [0.4, 0.5) is 17.5 Å². The molecule has 0 unspecified atom stereocenters. The Morgan fingerprint density at radius 3 is 2.48 bits per heavy atom. The number of hydrogen-bond acceptors (Lipinski definition) is 7. The minimum absolute atomic E-state index is 0.683. The molecule has 0 saturated carbocycles. The van der Waals surface area contributed by atoms with Crippen molar-refractivity contribution in [1.29, 1.82) is 0 Å². The zero-order valence-electron chi connectivity index (χ0n) is 19.2. The molecule has 0 spiro atoms. The van der Waals surface area contributed by atoms with E-state index in [0.717, 1.165) is 60.0 Å². The van der Waals surface area contributed by atoms with Gasteiger partial charge < -0.3 is 19.7 Å². The number of aromatic nitrogens is 4. The van der Waals surface area contributed by atoms with Crippen LogP contribution in [0.15, 0.2) is 54.7 Å². The number of ether oxygens (including phenoxy) is 2. The van der Waals surface area contributed by atoms with Crippen LogP contribution in [0.3, 0.4) is 0 Å². The molecule has 1 saturated heterocycles. The second-order valence-electron chi connectivity index (χ2n) is 8.36. The first-order chi connectivity index (χ1) is 16.2. The molecule has 4 aromatic rings. The van der Waals surface area contributed by atoms with E-state index in [2.05, 4.69) is 22.2 Å². The van der Waals surface area contributed by atoms with E-state index in [1.807, 2.05) is 53.2 Å². The summed E-state index contributed by atoms with van der Waals surface area (Å²) in [6.45, 7) is 4.18. The first-order valence-corrected chi connectivity index (χ1v) is 11.2. The number of nitrogens with one attached hydrogen (secondary N) is 1. The van der Waals surface area contributed by atoms with Gasteiger partial charge in [-0.3, -0.25) is 0 Å². The maximum atomic E-state index is 5.57. The third-order valence-corrected chi connectivity index (χ3v) is 6.14. The Hall–Kier alpha value is -3.81. The summed E-state index contributed by atoms with van der Waals surface area (Å²) in [4.78, 5) is 12.2. The summed E-state index contributed by atoms with van der Waals surface area (Å²) in [7, 11) is 3.30. The molecule has 1 N–H and O–H groups in total. The van der Waals surface area contributed by atoms with E-state index >= 15 is 0 Å². The van der Waals surface area contributed by atoms with Crippen LogP contribution in [0, 0.1) is 5.92 Å². The third-order valence-electron chi connectivity index (χ3n) is 6.14. The Kier molecular flexibility index (Phi) is 5.73. The quantitative estimate of drug-likeness (QED) is 0.457. The first-order valence-electron chi connectivity index (χ1n) is 11.2. The SMILES string of the molecule is COc1ccc(OC)c(Nc2nc(N3CCC(C)CC3)nc3c2cnn3-c2ccccc2)c1. The molecule has 0 aliphatic carbocycles. The largest absolute Gasteiger partial charge is 0.497 e. The normalized spacial score (nSPS) is 14.5. The standard InChI is InChI=1S/C25H28N6O2/c1-17-11-13-30(14-12-17)25-28-23(27-21-15-19(32-2)9-10-22(21)33-3)20-16-26-31(24(20)29-25)18-7-5-4-6-8-18/h4-10,15-17H,11-14H2,1-3H3,(H,27,28,29). The van der Waals surface area contributed by atoms with Gasteiger partial charge in [-0.2, -0.15) is 15.1 Å². The lowest BCUT2D eigenvalue weighted by atomic mass is 10.00. The lowest BCUT2D eigenvalue weighted by Gasteiger charge is -2.30. The molecule has 1 aliphatic rings. The minimum Gasteiger partial charge on any atom is -0.497 e. The summed E-state index contributed by atoms with van der Waals surface area (Å²) in [5.74, 6) is 3.54. The molecule has 8 nitrogen and oxygen atoms in total. The fourth-order valence-corrected chi connectivity index (χ4v) is 4.14. The van der Waals surface area contributed by atoms with Crippen molar-refractivity contribution in [2.45, 2.75) is 19.8 Å². The molecular formula is C25H28N6O2. The van der Waals surface area contributed by atoms with E-state index in [4.69, 9.17) is 19.4 Å². The Morgan fingerprint density at radius 1 is 0.970 bits per heavy atom. The molecule has 5 rings (SSSR count). The molecule has 1 aliphatic heterocycles. The van der Waals surface area contributed by atoms with Gasteiger partial charge >= 0.3 is 0 Å². The number of anilines is 3. The van der Waals surface area contributed by atoms with Crippen molar-refractivity contribution < 1.29 is 9.47 Å². The maximum absolute atomic E-state index is 5.57. The average molecular weight is 445 g/mol. The van der Waals surface area contributed by atoms with Crippen LogP contribution >= 0.6 is 0 Å². The summed E-state index contributed by atoms with van der Waals surface area (Å²) in [5, 5.41) is 8.93. The van der Waals surface area contributed by atoms with Gasteiger partial charge in [-0.15, -0.1) is 0 Å². The van der Waals surface area contributed by atoms with Gasteiger partial charge in [0.25, 0.3) is 0 Å². The summed E-state index contributed by atoms with van der Waals surface area (Å²) >= 11 is 0. The number of rotatable bonds is 6. The number of hydrogen-bond donors (Lipinski definition) is 1. The molecule has 0 atom stereocenters. The van der Waals surface area contributed by atoms with Crippen LogP contribution in [0.2, 0.25) is 0 Å². The van der Waals surface area contributed by atoms with Gasteiger partial charge in [0, 0.05) is 19.2 Å². The summed E-state index contributed by atoms with van der Waals surface area (Å²) in [6, 6.07) is 15.7. The van der Waals surface area contributed by atoms with Crippen LogP contribution in [0.5, 0.6) is 11.5 Å². The second-order valence-corrected chi connectivity index (χ2v) is 8.36. The van der Waals surface area contributed by atoms with E-state index in [-0.39, 0.29) is 0 Å². The highest BCUT2D eigenvalue weighted by Crippen LogP contribution is 2.34. The van der Waals surface area contributed by atoms with Crippen molar-refractivity contribution in [3.8, 4) is 17.2 Å². The minimum atomic E-state index is 0.683. The lowest BCUT2D eigenvalue weighted by Crippen LogP contribution is -2.34. The van der Waals surface area contributed by atoms with E-state index in [1.165, 1.54) is 0 Å². The van der Waals surface area contributed by atoms with Gasteiger partial charge in [0.15, 0.2) is 5.65 Å². The molecule has 0 amide bonds. The van der Waals surface area contributed by atoms with Gasteiger partial charge in [0.2, 0.25) is 5.95 Å². The number of piperidine rings is 1. The number of benzene rings is 2. The van der Waals surface area contributed by atoms with Crippen LogP contribution in [-0.4, -0.2) is 47.1 Å². The topological polar surface area (TPSA) is 77.3 Å². The highest BCUT2D eigenvalue weighted by Gasteiger charge is 2.22. The smallest absolute Gasteiger partial charge is 0.229 e. The maximum Gasteiger partial charge on any atom is 0.229 e. The zero-order chi connectivity index (χ0) is 22.8. The average Bonchev–Trinajstić information content (AvgIpc) is 3.29. The van der Waals surface area contributed by atoms with Gasteiger partial charge in [-0.1, -0.05) is 25.1 Å². The van der Waals surface area contributed by atoms with Crippen molar-refractivity contribution in [2.24, 2.45) is 5.92 Å². The van der Waals surface area contributed by atoms with Gasteiger partial charge in [0.05, 0.1) is 37.2 Å². The Morgan fingerprint density at radius 2 is 1.76 bits per heavy atom. The summed E-state index contributed by atoms with van der Waals surface area (Å²) < 4.78 is 12.8. The van der Waals surface area contributed by atoms with E-state index in [1.54, 1.807) is 20.4 Å². The summed E-state index contributed by atoms with van der Waals surface area (Å²) in [5.41, 5.74) is 2.48. The Bertz CT molecular complexity index is 1250. The molecule has 0 radical (unpaired) electrons. The molecule has 3 heterocycles. The van der Waals surface area contributed by atoms with Crippen molar-refractivity contribution in [1.82, 2.24) is 19.7 Å². The zero-order valence-corrected chi connectivity index (χ0v) is 19.2. The van der Waals surface area contributed by atoms with Crippen LogP contribution < -0.4 is 19.7 Å². The molecule has 1 fully saturated rings. The predicted molar refractivity (Wildman–Crippen MR) is 130 cm³/mol. The van der Waals surface area contributed by atoms with Gasteiger partial charge in [0.1, 0.15) is 17.3 Å². The monoisotopic (exact) mass is 444 g/mol. The number of nitrogens with zero attached hydrogens (tertiary/aromatic N) is 5. The van der Waals surface area contributed by atoms with Crippen molar-refractivity contribution in [3.05, 3.63) is 54.7 Å². The van der Waals surface area contributed by atoms with Crippen molar-refractivity contribution in [3.63, 3.8) is 0 Å². The van der Waals surface area contributed by atoms with Crippen molar-refractivity contribution >= 4 is 28.5 Å². The fraction of sp³-hybridized carbons (Fsp3) is 0.320. The fourth-order valence-electron chi connectivity index (χ4n) is 4.14. The first kappa shape index (κ1) is 21.1. The van der Waals surface area contributed by atoms with E-state index in [9.17, 15) is 0 Å². The number of para-hydroxylation sites is 1. The Labute approximate surface area is 193 Å². The number of methoxy groups -OCH3 is 2. The Balaban J connectivity index is 1.63. The molecule has 33 heavy (non-hydrogen) atoms.